The van der Waals surface area contributed by atoms with Gasteiger partial charge in [-0.3, -0.25) is 0 Å². The lowest BCUT2D eigenvalue weighted by molar-refractivity contribution is 0.134. The summed E-state index contributed by atoms with van der Waals surface area (Å²) in [4.78, 5) is 0. The van der Waals surface area contributed by atoms with E-state index in [2.05, 4.69) is 12.2 Å². The third-order valence-electron chi connectivity index (χ3n) is 2.98. The van der Waals surface area contributed by atoms with Gasteiger partial charge in [0.25, 0.3) is 0 Å². The zero-order chi connectivity index (χ0) is 10.2. The second kappa shape index (κ2) is 7.21. The van der Waals surface area contributed by atoms with Crippen LogP contribution in [0.1, 0.15) is 26.2 Å². The van der Waals surface area contributed by atoms with E-state index in [4.69, 9.17) is 4.74 Å². The Kier molecular flexibility index (Phi) is 6.15. The molecule has 2 atom stereocenters. The topological polar surface area (TPSA) is 41.5 Å². The Balaban J connectivity index is 2.11. The fourth-order valence-electron chi connectivity index (χ4n) is 1.99. The van der Waals surface area contributed by atoms with E-state index in [0.717, 1.165) is 39.1 Å². The molecular formula is C11H23NO2. The molecule has 0 aromatic heterocycles. The minimum absolute atomic E-state index is 0.307. The number of nitrogens with one attached hydrogen (secondary N) is 1. The maximum atomic E-state index is 9.26. The summed E-state index contributed by atoms with van der Waals surface area (Å²) in [6.45, 7) is 6.31. The van der Waals surface area contributed by atoms with E-state index in [1.165, 1.54) is 6.42 Å². The van der Waals surface area contributed by atoms with Crippen LogP contribution >= 0.6 is 0 Å². The number of hydrogen-bond donors (Lipinski definition) is 2. The molecule has 1 rings (SSSR count). The van der Waals surface area contributed by atoms with Gasteiger partial charge in [-0.05, 0) is 44.2 Å². The van der Waals surface area contributed by atoms with Crippen molar-refractivity contribution in [2.24, 2.45) is 11.8 Å². The zero-order valence-electron chi connectivity index (χ0n) is 9.17. The summed E-state index contributed by atoms with van der Waals surface area (Å²) in [6.07, 6.45) is 3.37. The van der Waals surface area contributed by atoms with Crippen LogP contribution in [0, 0.1) is 11.8 Å². The summed E-state index contributed by atoms with van der Waals surface area (Å²) in [7, 11) is 0. The third-order valence-corrected chi connectivity index (χ3v) is 2.98. The van der Waals surface area contributed by atoms with Gasteiger partial charge in [0, 0.05) is 19.8 Å². The van der Waals surface area contributed by atoms with Crippen LogP contribution in [0.15, 0.2) is 0 Å². The lowest BCUT2D eigenvalue weighted by Gasteiger charge is -2.19. The first-order valence-electron chi connectivity index (χ1n) is 5.77. The fraction of sp³-hybridized carbons (Fsp3) is 1.00. The fourth-order valence-corrected chi connectivity index (χ4v) is 1.99. The predicted octanol–water partition coefficient (Wildman–Crippen LogP) is 1.02. The molecule has 0 amide bonds. The van der Waals surface area contributed by atoms with Crippen molar-refractivity contribution in [2.75, 3.05) is 32.9 Å². The second-order valence-electron chi connectivity index (χ2n) is 4.10. The molecule has 1 aliphatic heterocycles. The van der Waals surface area contributed by atoms with Gasteiger partial charge in [-0.15, -0.1) is 0 Å². The number of aliphatic hydroxyl groups is 1. The highest BCUT2D eigenvalue weighted by Crippen LogP contribution is 2.23. The van der Waals surface area contributed by atoms with Crippen molar-refractivity contribution < 1.29 is 9.84 Å². The molecule has 0 spiro atoms. The molecule has 1 fully saturated rings. The molecule has 0 aromatic carbocycles. The minimum atomic E-state index is 0.307. The summed E-state index contributed by atoms with van der Waals surface area (Å²) in [5.41, 5.74) is 0. The maximum Gasteiger partial charge on any atom is 0.0498 e. The Morgan fingerprint density at radius 2 is 2.36 bits per heavy atom. The Morgan fingerprint density at radius 3 is 2.93 bits per heavy atom. The van der Waals surface area contributed by atoms with Gasteiger partial charge in [0.15, 0.2) is 0 Å². The monoisotopic (exact) mass is 201 g/mol. The average molecular weight is 201 g/mol. The van der Waals surface area contributed by atoms with Crippen molar-refractivity contribution in [1.29, 1.82) is 0 Å². The van der Waals surface area contributed by atoms with Gasteiger partial charge in [-0.1, -0.05) is 6.92 Å². The van der Waals surface area contributed by atoms with E-state index in [1.54, 1.807) is 0 Å². The standard InChI is InChI=1S/C11H23NO2/c1-2-5-12-6-3-10(8-13)11-4-7-14-9-11/h10-13H,2-9H2,1H3. The van der Waals surface area contributed by atoms with Crippen molar-refractivity contribution in [3.63, 3.8) is 0 Å². The molecule has 2 N–H and O–H groups in total. The van der Waals surface area contributed by atoms with Gasteiger partial charge < -0.3 is 15.2 Å². The summed E-state index contributed by atoms with van der Waals surface area (Å²) in [5.74, 6) is 1.02. The maximum absolute atomic E-state index is 9.26. The molecule has 84 valence electrons. The van der Waals surface area contributed by atoms with E-state index in [1.807, 2.05) is 0 Å². The van der Waals surface area contributed by atoms with Gasteiger partial charge in [-0.2, -0.15) is 0 Å². The number of aliphatic hydroxyl groups excluding tert-OH is 1. The van der Waals surface area contributed by atoms with Crippen LogP contribution in [0.2, 0.25) is 0 Å². The van der Waals surface area contributed by atoms with Crippen molar-refractivity contribution >= 4 is 0 Å². The highest BCUT2D eigenvalue weighted by molar-refractivity contribution is 4.73. The van der Waals surface area contributed by atoms with Crippen molar-refractivity contribution in [2.45, 2.75) is 26.2 Å². The van der Waals surface area contributed by atoms with Crippen LogP contribution in [-0.4, -0.2) is 38.0 Å². The molecule has 0 radical (unpaired) electrons. The van der Waals surface area contributed by atoms with Crippen LogP contribution in [-0.2, 0) is 4.74 Å². The van der Waals surface area contributed by atoms with Gasteiger partial charge in [0.05, 0.1) is 0 Å². The molecule has 14 heavy (non-hydrogen) atoms. The van der Waals surface area contributed by atoms with Crippen molar-refractivity contribution in [1.82, 2.24) is 5.32 Å². The quantitative estimate of drug-likeness (QED) is 0.604. The largest absolute Gasteiger partial charge is 0.396 e. The normalized spacial score (nSPS) is 24.0. The molecule has 0 saturated carbocycles. The highest BCUT2D eigenvalue weighted by atomic mass is 16.5. The Labute approximate surface area is 86.8 Å². The SMILES string of the molecule is CCCNCCC(CO)C1CCOC1. The summed E-state index contributed by atoms with van der Waals surface area (Å²) >= 11 is 0. The van der Waals surface area contributed by atoms with Crippen LogP contribution < -0.4 is 5.32 Å². The lowest BCUT2D eigenvalue weighted by atomic mass is 9.89. The number of ether oxygens (including phenoxy) is 1. The number of hydrogen-bond acceptors (Lipinski definition) is 3. The molecule has 0 aliphatic carbocycles. The van der Waals surface area contributed by atoms with E-state index in [0.29, 0.717) is 18.4 Å². The lowest BCUT2D eigenvalue weighted by Crippen LogP contribution is -2.25. The van der Waals surface area contributed by atoms with Crippen LogP contribution in [0.25, 0.3) is 0 Å². The molecule has 3 heteroatoms. The van der Waals surface area contributed by atoms with Crippen molar-refractivity contribution in [3.8, 4) is 0 Å². The molecule has 0 bridgehead atoms. The van der Waals surface area contributed by atoms with Crippen LogP contribution in [0.3, 0.4) is 0 Å². The van der Waals surface area contributed by atoms with E-state index in [-0.39, 0.29) is 0 Å². The van der Waals surface area contributed by atoms with Gasteiger partial charge in [-0.25, -0.2) is 0 Å². The van der Waals surface area contributed by atoms with Crippen LogP contribution in [0.5, 0.6) is 0 Å². The average Bonchev–Trinajstić information content (AvgIpc) is 2.71. The van der Waals surface area contributed by atoms with Crippen molar-refractivity contribution in [3.05, 3.63) is 0 Å². The van der Waals surface area contributed by atoms with Gasteiger partial charge >= 0.3 is 0 Å². The smallest absolute Gasteiger partial charge is 0.0498 e. The van der Waals surface area contributed by atoms with E-state index >= 15 is 0 Å². The molecular weight excluding hydrogens is 178 g/mol. The molecule has 1 heterocycles. The summed E-state index contributed by atoms with van der Waals surface area (Å²) in [5, 5.41) is 12.6. The predicted molar refractivity (Wildman–Crippen MR) is 57.3 cm³/mol. The highest BCUT2D eigenvalue weighted by Gasteiger charge is 2.24. The summed E-state index contributed by atoms with van der Waals surface area (Å²) in [6, 6.07) is 0. The Hall–Kier alpha value is -0.120. The first-order valence-corrected chi connectivity index (χ1v) is 5.77. The molecule has 2 unspecified atom stereocenters. The first-order chi connectivity index (χ1) is 6.88. The van der Waals surface area contributed by atoms with E-state index < -0.39 is 0 Å². The van der Waals surface area contributed by atoms with Gasteiger partial charge in [0.2, 0.25) is 0 Å². The third kappa shape index (κ3) is 3.95. The molecule has 1 aliphatic rings. The molecule has 0 aromatic rings. The Morgan fingerprint density at radius 1 is 1.50 bits per heavy atom. The molecule has 1 saturated heterocycles. The Bertz CT molecular complexity index is 135. The van der Waals surface area contributed by atoms with Crippen LogP contribution in [0.4, 0.5) is 0 Å². The minimum Gasteiger partial charge on any atom is -0.396 e. The molecule has 3 nitrogen and oxygen atoms in total. The second-order valence-corrected chi connectivity index (χ2v) is 4.10. The first kappa shape index (κ1) is 12.0. The zero-order valence-corrected chi connectivity index (χ0v) is 9.17. The van der Waals surface area contributed by atoms with E-state index in [9.17, 15) is 5.11 Å². The van der Waals surface area contributed by atoms with Gasteiger partial charge in [0.1, 0.15) is 0 Å². The summed E-state index contributed by atoms with van der Waals surface area (Å²) < 4.78 is 5.34. The number of rotatable bonds is 7.